The van der Waals surface area contributed by atoms with Crippen LogP contribution in [0, 0.1) is 5.92 Å². The number of ether oxygens (including phenoxy) is 1. The first-order chi connectivity index (χ1) is 11.0. The van der Waals surface area contributed by atoms with Crippen LogP contribution in [-0.2, 0) is 21.8 Å². The molecule has 0 aromatic carbocycles. The average Bonchev–Trinajstić information content (AvgIpc) is 2.86. The molecule has 2 aliphatic heterocycles. The normalized spacial score (nSPS) is 27.3. The number of hydrogen-bond donors (Lipinski definition) is 0. The molecule has 2 atom stereocenters. The molecule has 3 heterocycles. The van der Waals surface area contributed by atoms with Crippen LogP contribution in [0.1, 0.15) is 6.42 Å². The van der Waals surface area contributed by atoms with E-state index >= 15 is 0 Å². The summed E-state index contributed by atoms with van der Waals surface area (Å²) in [5, 5.41) is 0.111. The lowest BCUT2D eigenvalue weighted by Gasteiger charge is -2.36. The van der Waals surface area contributed by atoms with E-state index in [0.29, 0.717) is 25.6 Å². The zero-order valence-corrected chi connectivity index (χ0v) is 14.3. The molecular formula is C15H24N4O3S. The second-order valence-corrected chi connectivity index (χ2v) is 8.13. The van der Waals surface area contributed by atoms with Gasteiger partial charge in [-0.2, -0.15) is 4.31 Å². The number of sulfonamides is 1. The zero-order chi connectivity index (χ0) is 16.4. The summed E-state index contributed by atoms with van der Waals surface area (Å²) in [6.45, 7) is 8.00. The molecule has 8 heteroatoms. The van der Waals surface area contributed by atoms with Crippen molar-refractivity contribution in [2.45, 2.75) is 17.6 Å². The van der Waals surface area contributed by atoms with E-state index in [1.54, 1.807) is 17.8 Å². The first-order valence-electron chi connectivity index (χ1n) is 7.93. The summed E-state index contributed by atoms with van der Waals surface area (Å²) in [6.07, 6.45) is 5.72. The largest absolute Gasteiger partial charge is 0.375 e. The van der Waals surface area contributed by atoms with Crippen LogP contribution in [0.15, 0.2) is 30.2 Å². The highest BCUT2D eigenvalue weighted by Gasteiger charge is 2.38. The highest BCUT2D eigenvalue weighted by molar-refractivity contribution is 7.89. The third-order valence-electron chi connectivity index (χ3n) is 4.56. The van der Waals surface area contributed by atoms with Gasteiger partial charge in [0.05, 0.1) is 19.0 Å². The average molecular weight is 340 g/mol. The molecule has 1 aromatic heterocycles. The van der Waals surface area contributed by atoms with Crippen LogP contribution in [0.2, 0.25) is 0 Å². The Bertz CT molecular complexity index is 657. The molecule has 0 unspecified atom stereocenters. The first-order valence-corrected chi connectivity index (χ1v) is 9.37. The number of rotatable bonds is 4. The first kappa shape index (κ1) is 16.6. The molecule has 3 rings (SSSR count). The van der Waals surface area contributed by atoms with E-state index in [0.717, 1.165) is 26.1 Å². The number of aromatic nitrogens is 2. The van der Waals surface area contributed by atoms with Crippen LogP contribution in [0.5, 0.6) is 0 Å². The Kier molecular flexibility index (Phi) is 4.86. The van der Waals surface area contributed by atoms with E-state index in [2.05, 4.69) is 16.5 Å². The minimum Gasteiger partial charge on any atom is -0.375 e. The van der Waals surface area contributed by atoms with Gasteiger partial charge >= 0.3 is 0 Å². The molecule has 0 N–H and O–H groups in total. The molecule has 0 saturated carbocycles. The second-order valence-electron chi connectivity index (χ2n) is 6.25. The van der Waals surface area contributed by atoms with Crippen molar-refractivity contribution < 1.29 is 13.2 Å². The molecule has 1 aromatic rings. The number of nitrogens with zero attached hydrogens (tertiary/aromatic N) is 4. The van der Waals surface area contributed by atoms with Crippen LogP contribution in [-0.4, -0.2) is 72.6 Å². The van der Waals surface area contributed by atoms with Crippen LogP contribution < -0.4 is 0 Å². The van der Waals surface area contributed by atoms with Gasteiger partial charge in [0.15, 0.2) is 5.03 Å². The Morgan fingerprint density at radius 1 is 1.43 bits per heavy atom. The number of hydrogen-bond acceptors (Lipinski definition) is 5. The SMILES string of the molecule is C=CCN1CCO[C@H]2CN(S(=O)(=O)c3cn(C)cn3)CC[C@H]2C1. The third kappa shape index (κ3) is 3.50. The predicted octanol–water partition coefficient (Wildman–Crippen LogP) is 0.318. The summed E-state index contributed by atoms with van der Waals surface area (Å²) in [4.78, 5) is 6.31. The number of fused-ring (bicyclic) bond motifs is 1. The van der Waals surface area contributed by atoms with Gasteiger partial charge in [-0.3, -0.25) is 4.90 Å². The lowest BCUT2D eigenvalue weighted by molar-refractivity contribution is -0.00193. The second kappa shape index (κ2) is 6.72. The maximum atomic E-state index is 12.7. The molecule has 0 radical (unpaired) electrons. The van der Waals surface area contributed by atoms with Crippen LogP contribution in [0.3, 0.4) is 0 Å². The van der Waals surface area contributed by atoms with Crippen molar-refractivity contribution in [3.8, 4) is 0 Å². The van der Waals surface area contributed by atoms with Gasteiger partial charge in [-0.1, -0.05) is 6.08 Å². The fourth-order valence-electron chi connectivity index (χ4n) is 3.31. The molecule has 2 aliphatic rings. The fourth-order valence-corrected chi connectivity index (χ4v) is 4.74. The van der Waals surface area contributed by atoms with Gasteiger partial charge < -0.3 is 9.30 Å². The van der Waals surface area contributed by atoms with Crippen molar-refractivity contribution in [1.82, 2.24) is 18.8 Å². The van der Waals surface area contributed by atoms with E-state index in [-0.39, 0.29) is 11.1 Å². The van der Waals surface area contributed by atoms with E-state index in [4.69, 9.17) is 4.74 Å². The van der Waals surface area contributed by atoms with E-state index < -0.39 is 10.0 Å². The third-order valence-corrected chi connectivity index (χ3v) is 6.31. The Balaban J connectivity index is 1.71. The van der Waals surface area contributed by atoms with E-state index in [1.807, 2.05) is 6.08 Å². The van der Waals surface area contributed by atoms with Gasteiger partial charge in [-0.25, -0.2) is 13.4 Å². The van der Waals surface area contributed by atoms with Crippen molar-refractivity contribution in [1.29, 1.82) is 0 Å². The number of piperidine rings is 1. The zero-order valence-electron chi connectivity index (χ0n) is 13.5. The van der Waals surface area contributed by atoms with Gasteiger partial charge in [-0.05, 0) is 6.42 Å². The number of aryl methyl sites for hydroxylation is 1. The van der Waals surface area contributed by atoms with E-state index in [9.17, 15) is 8.42 Å². The van der Waals surface area contributed by atoms with Gasteiger partial charge in [0.25, 0.3) is 10.0 Å². The molecule has 128 valence electrons. The molecule has 0 spiro atoms. The Morgan fingerprint density at radius 2 is 2.26 bits per heavy atom. The summed E-state index contributed by atoms with van der Waals surface area (Å²) in [5.41, 5.74) is 0. The Morgan fingerprint density at radius 3 is 2.96 bits per heavy atom. The minimum atomic E-state index is -3.54. The fraction of sp³-hybridized carbons (Fsp3) is 0.667. The molecule has 0 amide bonds. The van der Waals surface area contributed by atoms with Gasteiger partial charge in [0.2, 0.25) is 0 Å². The number of imidazole rings is 1. The van der Waals surface area contributed by atoms with Crippen LogP contribution in [0.4, 0.5) is 0 Å². The van der Waals surface area contributed by atoms with Crippen molar-refractivity contribution >= 4 is 10.0 Å². The topological polar surface area (TPSA) is 67.7 Å². The Labute approximate surface area is 137 Å². The molecule has 0 aliphatic carbocycles. The minimum absolute atomic E-state index is 0.0444. The standard InChI is InChI=1S/C15H24N4O3S/c1-3-5-18-7-8-22-14-10-19(6-4-13(14)9-18)23(20,21)15-11-17(2)12-16-15/h3,11-14H,1,4-10H2,2H3/t13-,14-/m0/s1. The maximum Gasteiger partial charge on any atom is 0.262 e. The highest BCUT2D eigenvalue weighted by Crippen LogP contribution is 2.27. The summed E-state index contributed by atoms with van der Waals surface area (Å²) in [6, 6.07) is 0. The molecule has 7 nitrogen and oxygen atoms in total. The van der Waals surface area contributed by atoms with E-state index in [1.165, 1.54) is 10.6 Å². The summed E-state index contributed by atoms with van der Waals surface area (Å²) in [5.74, 6) is 0.368. The predicted molar refractivity (Wildman–Crippen MR) is 86.5 cm³/mol. The van der Waals surface area contributed by atoms with Gasteiger partial charge in [0, 0.05) is 51.9 Å². The molecule has 23 heavy (non-hydrogen) atoms. The summed E-state index contributed by atoms with van der Waals surface area (Å²) in [7, 11) is -1.77. The molecule has 0 bridgehead atoms. The van der Waals surface area contributed by atoms with Crippen molar-refractivity contribution in [2.75, 3.05) is 39.3 Å². The Hall–Kier alpha value is -1.22. The van der Waals surface area contributed by atoms with Crippen molar-refractivity contribution in [2.24, 2.45) is 13.0 Å². The highest BCUT2D eigenvalue weighted by atomic mass is 32.2. The lowest BCUT2D eigenvalue weighted by atomic mass is 9.94. The molecule has 2 saturated heterocycles. The molecular weight excluding hydrogens is 316 g/mol. The maximum absolute atomic E-state index is 12.7. The summed E-state index contributed by atoms with van der Waals surface area (Å²) >= 11 is 0. The van der Waals surface area contributed by atoms with Crippen molar-refractivity contribution in [3.05, 3.63) is 25.2 Å². The molecule has 2 fully saturated rings. The summed E-state index contributed by atoms with van der Waals surface area (Å²) < 4.78 is 34.5. The lowest BCUT2D eigenvalue weighted by Crippen LogP contribution is -2.49. The van der Waals surface area contributed by atoms with Gasteiger partial charge in [-0.15, -0.1) is 6.58 Å². The van der Waals surface area contributed by atoms with Crippen molar-refractivity contribution in [3.63, 3.8) is 0 Å². The quantitative estimate of drug-likeness (QED) is 0.739. The monoisotopic (exact) mass is 340 g/mol. The van der Waals surface area contributed by atoms with Crippen LogP contribution >= 0.6 is 0 Å². The van der Waals surface area contributed by atoms with Gasteiger partial charge in [0.1, 0.15) is 0 Å². The van der Waals surface area contributed by atoms with Crippen LogP contribution in [0.25, 0.3) is 0 Å². The smallest absolute Gasteiger partial charge is 0.262 e.